The van der Waals surface area contributed by atoms with Gasteiger partial charge in [-0.25, -0.2) is 9.59 Å². The summed E-state index contributed by atoms with van der Waals surface area (Å²) < 4.78 is 20.5. The summed E-state index contributed by atoms with van der Waals surface area (Å²) >= 11 is 0. The van der Waals surface area contributed by atoms with E-state index in [1.165, 1.54) is 50.3 Å². The fourth-order valence-corrected chi connectivity index (χ4v) is 10.4. The highest BCUT2D eigenvalue weighted by molar-refractivity contribution is 5.99. The fourth-order valence-electron chi connectivity index (χ4n) is 10.4. The highest BCUT2D eigenvalue weighted by Crippen LogP contribution is 2.20. The van der Waals surface area contributed by atoms with E-state index in [9.17, 15) is 57.5 Å². The Morgan fingerprint density at radius 1 is 0.495 bits per heavy atom. The second-order valence-electron chi connectivity index (χ2n) is 26.0. The lowest BCUT2D eigenvalue weighted by molar-refractivity contribution is -0.139. The highest BCUT2D eigenvalue weighted by Gasteiger charge is 2.36. The molecule has 99 heavy (non-hydrogen) atoms. The lowest BCUT2D eigenvalue weighted by atomic mass is 9.96. The van der Waals surface area contributed by atoms with Gasteiger partial charge in [0.15, 0.2) is 11.4 Å². The van der Waals surface area contributed by atoms with Crippen molar-refractivity contribution in [3.8, 4) is 0 Å². The van der Waals surface area contributed by atoms with Gasteiger partial charge in [0.25, 0.3) is 11.8 Å². The number of benzene rings is 2. The van der Waals surface area contributed by atoms with E-state index in [1.807, 2.05) is 88.4 Å². The van der Waals surface area contributed by atoms with Crippen LogP contribution >= 0.6 is 0 Å². The first-order valence-electron chi connectivity index (χ1n) is 33.1. The standard InChI is InChI=1S/2C35H48N6O8.H2O/c2*1-20(2)16-27(39-35(47)30(21(3)4)40-31(43)23(6)37-34(46)28-17-22(5)49-41-28)33(45)38-26(18-25-14-15-36-32(25)44)12-13-29(42)48-19-24-10-8-7-9-11-24;/h2*7-13,17,20-21,23,25-27,30H,14-16,18-19H2,1-6H3,(H,36,44)(H,37,46)(H,38,45)(H,39,47)(H,40,43);1H2/b2*13-12+;/t2*23-,25-,26+,27-,30-;/m00./s1. The Hall–Kier alpha value is -10.1. The number of hydrogen-bond donors (Lipinski definition) is 10. The molecular formula is C70H98N12O17. The van der Waals surface area contributed by atoms with Gasteiger partial charge in [0, 0.05) is 61.3 Å². The van der Waals surface area contributed by atoms with Gasteiger partial charge in [-0.05, 0) is 101 Å². The Morgan fingerprint density at radius 2 is 0.848 bits per heavy atom. The molecule has 6 rings (SSSR count). The van der Waals surface area contributed by atoms with E-state index in [-0.39, 0.29) is 103 Å². The molecule has 4 aromatic rings. The van der Waals surface area contributed by atoms with Crippen LogP contribution in [0.3, 0.4) is 0 Å². The first-order valence-corrected chi connectivity index (χ1v) is 33.1. The van der Waals surface area contributed by atoms with Crippen LogP contribution in [-0.2, 0) is 70.6 Å². The minimum absolute atomic E-state index is 0. The van der Waals surface area contributed by atoms with E-state index in [2.05, 4.69) is 63.5 Å². The van der Waals surface area contributed by atoms with Crippen LogP contribution in [0, 0.1) is 49.4 Å². The largest absolute Gasteiger partial charge is 0.458 e. The molecule has 29 nitrogen and oxygen atoms in total. The average molecular weight is 1380 g/mol. The fraction of sp³-hybridized carbons (Fsp3) is 0.514. The molecule has 4 heterocycles. The summed E-state index contributed by atoms with van der Waals surface area (Å²) in [7, 11) is 0. The molecule has 0 radical (unpaired) electrons. The Labute approximate surface area is 576 Å². The van der Waals surface area contributed by atoms with Crippen molar-refractivity contribution in [3.05, 3.63) is 131 Å². The van der Waals surface area contributed by atoms with Crippen LogP contribution in [0.25, 0.3) is 0 Å². The quantitative estimate of drug-likeness (QED) is 0.0237. The second-order valence-corrected chi connectivity index (χ2v) is 26.0. The number of carbonyl (C=O) groups is 12. The monoisotopic (exact) mass is 1380 g/mol. The summed E-state index contributed by atoms with van der Waals surface area (Å²) in [6.07, 6.45) is 7.65. The number of aromatic nitrogens is 2. The summed E-state index contributed by atoms with van der Waals surface area (Å²) in [5.41, 5.74) is 1.67. The average Bonchev–Trinajstić information content (AvgIpc) is 1.48. The molecular weight excluding hydrogens is 1280 g/mol. The number of nitrogens with one attached hydrogen (secondary N) is 10. The molecule has 2 saturated heterocycles. The summed E-state index contributed by atoms with van der Waals surface area (Å²) in [6, 6.07) is 13.8. The van der Waals surface area contributed by atoms with Gasteiger partial charge in [-0.2, -0.15) is 0 Å². The summed E-state index contributed by atoms with van der Waals surface area (Å²) in [5.74, 6) is -6.70. The van der Waals surface area contributed by atoms with Gasteiger partial charge < -0.3 is 77.2 Å². The number of rotatable bonds is 34. The molecule has 10 amide bonds. The van der Waals surface area contributed by atoms with Crippen molar-refractivity contribution >= 4 is 71.0 Å². The maximum atomic E-state index is 13.7. The molecule has 12 N–H and O–H groups in total. The van der Waals surface area contributed by atoms with Crippen LogP contribution in [0.15, 0.2) is 106 Å². The first kappa shape index (κ1) is 81.4. The third kappa shape index (κ3) is 28.1. The van der Waals surface area contributed by atoms with Crippen molar-refractivity contribution in [2.45, 2.75) is 183 Å². The number of nitrogens with zero attached hydrogens (tertiary/aromatic N) is 2. The molecule has 10 atom stereocenters. The highest BCUT2D eigenvalue weighted by atomic mass is 16.5. The zero-order chi connectivity index (χ0) is 72.2. The van der Waals surface area contributed by atoms with E-state index in [1.54, 1.807) is 41.5 Å². The van der Waals surface area contributed by atoms with Crippen molar-refractivity contribution in [1.29, 1.82) is 0 Å². The lowest BCUT2D eigenvalue weighted by Crippen LogP contribution is -2.58. The molecule has 2 fully saturated rings. The van der Waals surface area contributed by atoms with E-state index in [0.29, 0.717) is 37.5 Å². The lowest BCUT2D eigenvalue weighted by Gasteiger charge is -2.28. The number of aryl methyl sites for hydroxylation is 2. The maximum Gasteiger partial charge on any atom is 0.330 e. The smallest absolute Gasteiger partial charge is 0.330 e. The molecule has 0 saturated carbocycles. The van der Waals surface area contributed by atoms with Gasteiger partial charge in [-0.1, -0.05) is 139 Å². The summed E-state index contributed by atoms with van der Waals surface area (Å²) in [5, 5.41) is 34.6. The van der Waals surface area contributed by atoms with Gasteiger partial charge in [0.1, 0.15) is 61.0 Å². The van der Waals surface area contributed by atoms with Crippen LogP contribution in [0.1, 0.15) is 151 Å². The molecule has 0 bridgehead atoms. The molecule has 2 aromatic carbocycles. The van der Waals surface area contributed by atoms with Crippen LogP contribution in [0.5, 0.6) is 0 Å². The molecule has 29 heteroatoms. The Kier molecular flexibility index (Phi) is 33.4. The van der Waals surface area contributed by atoms with E-state index in [4.69, 9.17) is 18.5 Å². The molecule has 0 spiro atoms. The van der Waals surface area contributed by atoms with Gasteiger partial charge in [-0.3, -0.25) is 47.9 Å². The van der Waals surface area contributed by atoms with Crippen LogP contribution in [-0.4, -0.2) is 148 Å². The number of hydrogen-bond acceptors (Lipinski definition) is 18. The minimum atomic E-state index is -1.03. The first-order chi connectivity index (χ1) is 46.5. The third-order valence-electron chi connectivity index (χ3n) is 15.8. The van der Waals surface area contributed by atoms with Crippen LogP contribution in [0.4, 0.5) is 0 Å². The van der Waals surface area contributed by atoms with E-state index in [0.717, 1.165) is 11.1 Å². The molecule has 2 aromatic heterocycles. The zero-order valence-electron chi connectivity index (χ0n) is 58.3. The van der Waals surface area contributed by atoms with Crippen molar-refractivity contribution in [2.24, 2.45) is 35.5 Å². The van der Waals surface area contributed by atoms with Gasteiger partial charge in [0.2, 0.25) is 47.3 Å². The van der Waals surface area contributed by atoms with Crippen molar-refractivity contribution < 1.29 is 81.5 Å². The number of ether oxygens (including phenoxy) is 2. The van der Waals surface area contributed by atoms with Crippen molar-refractivity contribution in [2.75, 3.05) is 13.1 Å². The SMILES string of the molecule is Cc1cc(C(=O)N[C@@H](C)C(=O)N[C@H](C(=O)N[C@@H](CC(C)C)C(=O)N[C@H](/C=C/C(=O)OCc2ccccc2)C[C@@H]2CCNC2=O)C(C)C)no1.Cc1cc(C(=O)N[C@@H](C)C(=O)N[C@H](C(=O)N[C@@H](CC(C)C)C(=O)N[C@H](/C=C/C(=O)OCc2ccccc2)C[C@@H]2CCNC2=O)C(C)C)no1.O. The van der Waals surface area contributed by atoms with Gasteiger partial charge in [-0.15, -0.1) is 0 Å². The molecule has 540 valence electrons. The Balaban J connectivity index is 0.000000416. The Morgan fingerprint density at radius 3 is 1.14 bits per heavy atom. The maximum absolute atomic E-state index is 13.7. The summed E-state index contributed by atoms with van der Waals surface area (Å²) in [4.78, 5) is 155. The number of amides is 10. The third-order valence-corrected chi connectivity index (χ3v) is 15.8. The van der Waals surface area contributed by atoms with E-state index >= 15 is 0 Å². The van der Waals surface area contributed by atoms with Crippen LogP contribution in [0.2, 0.25) is 0 Å². The molecule has 0 aliphatic carbocycles. The van der Waals surface area contributed by atoms with Crippen molar-refractivity contribution in [3.63, 3.8) is 0 Å². The van der Waals surface area contributed by atoms with Crippen LogP contribution < -0.4 is 53.2 Å². The predicted octanol–water partition coefficient (Wildman–Crippen LogP) is 3.34. The van der Waals surface area contributed by atoms with Gasteiger partial charge >= 0.3 is 11.9 Å². The number of carbonyl (C=O) groups excluding carboxylic acids is 12. The predicted molar refractivity (Wildman–Crippen MR) is 362 cm³/mol. The zero-order valence-corrected chi connectivity index (χ0v) is 58.3. The number of esters is 2. The Bertz CT molecular complexity index is 3200. The normalized spacial score (nSPS) is 16.6. The topological polar surface area (TPSA) is 427 Å². The van der Waals surface area contributed by atoms with E-state index < -0.39 is 108 Å². The molecule has 0 unspecified atom stereocenters. The molecule has 2 aliphatic rings. The molecule has 2 aliphatic heterocycles. The second kappa shape index (κ2) is 40.6. The summed E-state index contributed by atoms with van der Waals surface area (Å²) in [6.45, 7) is 22.0. The van der Waals surface area contributed by atoms with Crippen molar-refractivity contribution in [1.82, 2.24) is 63.5 Å². The minimum Gasteiger partial charge on any atom is -0.458 e. The van der Waals surface area contributed by atoms with Gasteiger partial charge in [0.05, 0.1) is 0 Å².